The zero-order valence-electron chi connectivity index (χ0n) is 21.8. The number of rotatable bonds is 24. The number of hydrogen-bond donors (Lipinski definition) is 0. The fraction of sp³-hybridized carbons (Fsp3) is 1.00. The molecule has 0 atom stereocenters. The fourth-order valence-corrected chi connectivity index (χ4v) is 12.0. The molecule has 0 nitrogen and oxygen atoms in total. The summed E-state index contributed by atoms with van der Waals surface area (Å²) in [6.07, 6.45) is 33.6. The molecule has 0 aromatic rings. The van der Waals surface area contributed by atoms with Crippen molar-refractivity contribution in [3.05, 3.63) is 0 Å². The van der Waals surface area contributed by atoms with E-state index in [9.17, 15) is 0 Å². The molecule has 0 amide bonds. The third-order valence-electron chi connectivity index (χ3n) is 7.28. The number of hydrogen-bond acceptors (Lipinski definition) is 0. The van der Waals surface area contributed by atoms with E-state index < -0.39 is 5.96 Å². The molecule has 0 fully saturated rings. The Hall–Kier alpha value is 0.720. The standard InChI is InChI=1S/C28H60ClP/c1-5-9-13-16-19-22-26-30(29,25-12-8-4,27-23-20-17-14-10-6-2)28-24-21-18-15-11-7-3/h5-28H2,1-4H3. The molecule has 0 aliphatic rings. The summed E-state index contributed by atoms with van der Waals surface area (Å²) in [6.45, 7) is 9.31. The van der Waals surface area contributed by atoms with E-state index in [1.165, 1.54) is 153 Å². The van der Waals surface area contributed by atoms with Crippen LogP contribution in [-0.4, -0.2) is 24.6 Å². The summed E-state index contributed by atoms with van der Waals surface area (Å²) in [5, 5.41) is 0. The van der Waals surface area contributed by atoms with Crippen molar-refractivity contribution in [1.82, 2.24) is 0 Å². The van der Waals surface area contributed by atoms with Crippen LogP contribution in [0, 0.1) is 0 Å². The van der Waals surface area contributed by atoms with E-state index in [4.69, 9.17) is 11.2 Å². The minimum absolute atomic E-state index is 1.31. The van der Waals surface area contributed by atoms with Gasteiger partial charge in [0.2, 0.25) is 0 Å². The van der Waals surface area contributed by atoms with Crippen molar-refractivity contribution in [3.8, 4) is 0 Å². The Kier molecular flexibility index (Phi) is 20.8. The van der Waals surface area contributed by atoms with Crippen LogP contribution in [0.15, 0.2) is 0 Å². The first kappa shape index (κ1) is 30.7. The molecule has 2 heteroatoms. The molecule has 0 N–H and O–H groups in total. The van der Waals surface area contributed by atoms with Gasteiger partial charge >= 0.3 is 198 Å². The summed E-state index contributed by atoms with van der Waals surface area (Å²) in [4.78, 5) is 0. The van der Waals surface area contributed by atoms with E-state index in [1.807, 2.05) is 0 Å². The first-order chi connectivity index (χ1) is 14.5. The van der Waals surface area contributed by atoms with E-state index in [0.717, 1.165) is 0 Å². The van der Waals surface area contributed by atoms with Crippen LogP contribution in [0.1, 0.15) is 156 Å². The molecule has 0 unspecified atom stereocenters. The molecular formula is C28H60ClP. The van der Waals surface area contributed by atoms with Crippen molar-refractivity contribution in [2.24, 2.45) is 0 Å². The van der Waals surface area contributed by atoms with Gasteiger partial charge in [0.05, 0.1) is 0 Å². The van der Waals surface area contributed by atoms with Crippen LogP contribution in [-0.2, 0) is 0 Å². The Balaban J connectivity index is 4.80. The van der Waals surface area contributed by atoms with E-state index >= 15 is 0 Å². The Morgan fingerprint density at radius 2 is 0.567 bits per heavy atom. The van der Waals surface area contributed by atoms with Crippen LogP contribution in [0.3, 0.4) is 0 Å². The Bertz CT molecular complexity index is 311. The maximum absolute atomic E-state index is 7.93. The second-order valence-corrected chi connectivity index (χ2v) is 18.7. The molecule has 30 heavy (non-hydrogen) atoms. The molecule has 184 valence electrons. The molecule has 0 aromatic carbocycles. The molecule has 0 aliphatic heterocycles. The van der Waals surface area contributed by atoms with Crippen LogP contribution < -0.4 is 0 Å². The van der Waals surface area contributed by atoms with E-state index in [2.05, 4.69) is 27.7 Å². The van der Waals surface area contributed by atoms with Gasteiger partial charge in [-0.15, -0.1) is 0 Å². The van der Waals surface area contributed by atoms with Crippen LogP contribution in [0.2, 0.25) is 0 Å². The first-order valence-electron chi connectivity index (χ1n) is 14.3. The molecular weight excluding hydrogens is 403 g/mol. The Labute approximate surface area is 197 Å². The number of halogens is 1. The monoisotopic (exact) mass is 462 g/mol. The summed E-state index contributed by atoms with van der Waals surface area (Å²) in [5.74, 6) is -2.04. The van der Waals surface area contributed by atoms with Crippen molar-refractivity contribution in [1.29, 1.82) is 0 Å². The molecule has 0 rings (SSSR count). The minimum atomic E-state index is -2.04. The van der Waals surface area contributed by atoms with Gasteiger partial charge in [-0.3, -0.25) is 0 Å². The zero-order valence-corrected chi connectivity index (χ0v) is 23.4. The van der Waals surface area contributed by atoms with Gasteiger partial charge in [0.15, 0.2) is 0 Å². The van der Waals surface area contributed by atoms with E-state index in [-0.39, 0.29) is 0 Å². The molecule has 0 aliphatic carbocycles. The quantitative estimate of drug-likeness (QED) is 0.0987. The summed E-state index contributed by atoms with van der Waals surface area (Å²) in [6, 6.07) is 0. The summed E-state index contributed by atoms with van der Waals surface area (Å²) in [7, 11) is 0. The average Bonchev–Trinajstić information content (AvgIpc) is 2.75. The SMILES string of the molecule is CCCCCCCCP(Cl)(CCCC)(CCCCCCCC)CCCCCCCC. The third kappa shape index (κ3) is 16.4. The third-order valence-corrected chi connectivity index (χ3v) is 15.0. The summed E-state index contributed by atoms with van der Waals surface area (Å²) in [5.41, 5.74) is 0. The van der Waals surface area contributed by atoms with Gasteiger partial charge in [-0.1, -0.05) is 0 Å². The van der Waals surface area contributed by atoms with Gasteiger partial charge in [0.1, 0.15) is 0 Å². The zero-order chi connectivity index (χ0) is 22.4. The Morgan fingerprint density at radius 3 is 0.867 bits per heavy atom. The maximum atomic E-state index is 7.93. The van der Waals surface area contributed by atoms with Crippen molar-refractivity contribution in [2.75, 3.05) is 24.6 Å². The molecule has 0 heterocycles. The van der Waals surface area contributed by atoms with Gasteiger partial charge in [-0.25, -0.2) is 0 Å². The summed E-state index contributed by atoms with van der Waals surface area (Å²) >= 11 is 7.93. The van der Waals surface area contributed by atoms with Crippen molar-refractivity contribution in [2.45, 2.75) is 156 Å². The fourth-order valence-electron chi connectivity index (χ4n) is 5.09. The molecule has 0 bridgehead atoms. The second-order valence-electron chi connectivity index (χ2n) is 10.4. The predicted octanol–water partition coefficient (Wildman–Crippen LogP) is 11.6. The van der Waals surface area contributed by atoms with Crippen molar-refractivity contribution >= 4 is 17.2 Å². The molecule has 0 saturated carbocycles. The van der Waals surface area contributed by atoms with Gasteiger partial charge in [0.25, 0.3) is 0 Å². The topological polar surface area (TPSA) is 0 Å². The predicted molar refractivity (Wildman–Crippen MR) is 147 cm³/mol. The van der Waals surface area contributed by atoms with Gasteiger partial charge in [-0.2, -0.15) is 0 Å². The van der Waals surface area contributed by atoms with Gasteiger partial charge in [-0.05, 0) is 0 Å². The molecule has 0 aromatic heterocycles. The average molecular weight is 463 g/mol. The van der Waals surface area contributed by atoms with Crippen LogP contribution in [0.4, 0.5) is 0 Å². The van der Waals surface area contributed by atoms with Gasteiger partial charge < -0.3 is 0 Å². The van der Waals surface area contributed by atoms with Crippen molar-refractivity contribution < 1.29 is 0 Å². The second kappa shape index (κ2) is 20.3. The molecule has 0 radical (unpaired) electrons. The van der Waals surface area contributed by atoms with Crippen LogP contribution in [0.25, 0.3) is 0 Å². The first-order valence-corrected chi connectivity index (χ1v) is 18.1. The van der Waals surface area contributed by atoms with Crippen LogP contribution in [0.5, 0.6) is 0 Å². The van der Waals surface area contributed by atoms with E-state index in [0.29, 0.717) is 0 Å². The van der Waals surface area contributed by atoms with Crippen molar-refractivity contribution in [3.63, 3.8) is 0 Å². The molecule has 0 saturated heterocycles. The van der Waals surface area contributed by atoms with Gasteiger partial charge in [0, 0.05) is 0 Å². The normalized spacial score (nSPS) is 13.4. The van der Waals surface area contributed by atoms with E-state index in [1.54, 1.807) is 0 Å². The number of unbranched alkanes of at least 4 members (excludes halogenated alkanes) is 16. The molecule has 0 spiro atoms. The summed E-state index contributed by atoms with van der Waals surface area (Å²) < 4.78 is 0. The van der Waals surface area contributed by atoms with Crippen LogP contribution >= 0.6 is 17.2 Å². The Morgan fingerprint density at radius 1 is 0.333 bits per heavy atom.